The largest absolute Gasteiger partial charge is 0.466 e. The van der Waals surface area contributed by atoms with Gasteiger partial charge in [0.25, 0.3) is 0 Å². The molecule has 0 amide bonds. The molecular formula is C14H25F3N2O2. The Morgan fingerprint density at radius 3 is 2.24 bits per heavy atom. The van der Waals surface area contributed by atoms with Crippen LogP contribution in [-0.4, -0.2) is 67.8 Å². The molecule has 1 saturated heterocycles. The van der Waals surface area contributed by atoms with Gasteiger partial charge in [-0.3, -0.25) is 9.69 Å². The second-order valence-corrected chi connectivity index (χ2v) is 5.35. The van der Waals surface area contributed by atoms with E-state index in [0.717, 1.165) is 25.8 Å². The molecule has 0 atom stereocenters. The molecule has 0 spiro atoms. The summed E-state index contributed by atoms with van der Waals surface area (Å²) in [6.45, 7) is 4.62. The molecule has 0 aliphatic carbocycles. The van der Waals surface area contributed by atoms with Crippen LogP contribution in [0.25, 0.3) is 0 Å². The van der Waals surface area contributed by atoms with E-state index < -0.39 is 12.7 Å². The zero-order valence-electron chi connectivity index (χ0n) is 12.6. The molecule has 0 unspecified atom stereocenters. The number of hydrogen-bond acceptors (Lipinski definition) is 4. The number of piperazine rings is 1. The van der Waals surface area contributed by atoms with E-state index in [1.165, 1.54) is 4.90 Å². The van der Waals surface area contributed by atoms with Crippen LogP contribution in [0.3, 0.4) is 0 Å². The van der Waals surface area contributed by atoms with E-state index in [0.29, 0.717) is 39.2 Å². The van der Waals surface area contributed by atoms with Gasteiger partial charge in [0.2, 0.25) is 0 Å². The highest BCUT2D eigenvalue weighted by Crippen LogP contribution is 2.17. The number of rotatable bonds is 8. The van der Waals surface area contributed by atoms with Crippen molar-refractivity contribution in [3.05, 3.63) is 0 Å². The molecule has 21 heavy (non-hydrogen) atoms. The van der Waals surface area contributed by atoms with Gasteiger partial charge in [-0.1, -0.05) is 6.42 Å². The second kappa shape index (κ2) is 9.25. The molecule has 7 heteroatoms. The minimum atomic E-state index is -4.10. The van der Waals surface area contributed by atoms with E-state index in [-0.39, 0.29) is 5.97 Å². The zero-order valence-corrected chi connectivity index (χ0v) is 12.6. The van der Waals surface area contributed by atoms with Crippen LogP contribution >= 0.6 is 0 Å². The van der Waals surface area contributed by atoms with Crippen LogP contribution < -0.4 is 0 Å². The van der Waals surface area contributed by atoms with Crippen molar-refractivity contribution < 1.29 is 22.7 Å². The first-order valence-electron chi connectivity index (χ1n) is 7.58. The van der Waals surface area contributed by atoms with Crippen molar-refractivity contribution in [2.24, 2.45) is 0 Å². The Bertz CT molecular complexity index is 303. The Hall–Kier alpha value is -0.820. The Morgan fingerprint density at radius 1 is 1.05 bits per heavy atom. The Kier molecular flexibility index (Phi) is 8.03. The first-order valence-corrected chi connectivity index (χ1v) is 7.58. The molecular weight excluding hydrogens is 285 g/mol. The summed E-state index contributed by atoms with van der Waals surface area (Å²) in [5.41, 5.74) is 0. The number of unbranched alkanes of at least 4 members (excludes halogenated alkanes) is 2. The van der Waals surface area contributed by atoms with Gasteiger partial charge < -0.3 is 9.64 Å². The quantitative estimate of drug-likeness (QED) is 0.509. The van der Waals surface area contributed by atoms with E-state index in [1.54, 1.807) is 6.92 Å². The van der Waals surface area contributed by atoms with Crippen LogP contribution in [0, 0.1) is 0 Å². The lowest BCUT2D eigenvalue weighted by Gasteiger charge is -2.34. The molecule has 0 aromatic carbocycles. The highest BCUT2D eigenvalue weighted by Gasteiger charge is 2.31. The van der Waals surface area contributed by atoms with Crippen molar-refractivity contribution in [1.29, 1.82) is 0 Å². The number of alkyl halides is 3. The molecule has 124 valence electrons. The number of carbonyl (C=O) groups is 1. The first kappa shape index (κ1) is 18.2. The summed E-state index contributed by atoms with van der Waals surface area (Å²) in [4.78, 5) is 14.8. The Labute approximate surface area is 124 Å². The number of hydrogen-bond donors (Lipinski definition) is 0. The minimum absolute atomic E-state index is 0.154. The van der Waals surface area contributed by atoms with Crippen LogP contribution in [-0.2, 0) is 9.53 Å². The van der Waals surface area contributed by atoms with E-state index >= 15 is 0 Å². The van der Waals surface area contributed by atoms with Gasteiger partial charge in [-0.05, 0) is 26.3 Å². The summed E-state index contributed by atoms with van der Waals surface area (Å²) >= 11 is 0. The summed E-state index contributed by atoms with van der Waals surface area (Å²) in [5.74, 6) is -0.154. The highest BCUT2D eigenvalue weighted by molar-refractivity contribution is 5.69. The van der Waals surface area contributed by atoms with Crippen LogP contribution in [0.15, 0.2) is 0 Å². The van der Waals surface area contributed by atoms with Gasteiger partial charge in [-0.25, -0.2) is 0 Å². The first-order chi connectivity index (χ1) is 9.90. The van der Waals surface area contributed by atoms with Crippen molar-refractivity contribution in [2.75, 3.05) is 45.9 Å². The zero-order chi connectivity index (χ0) is 15.7. The summed E-state index contributed by atoms with van der Waals surface area (Å²) in [6, 6.07) is 0. The highest BCUT2D eigenvalue weighted by atomic mass is 19.4. The SMILES string of the molecule is CCOC(=O)CCCCCN1CCN(CC(F)(F)F)CC1. The maximum Gasteiger partial charge on any atom is 0.401 e. The number of halogens is 3. The van der Waals surface area contributed by atoms with Crippen molar-refractivity contribution in [3.8, 4) is 0 Å². The fraction of sp³-hybridized carbons (Fsp3) is 0.929. The smallest absolute Gasteiger partial charge is 0.401 e. The molecule has 0 bridgehead atoms. The van der Waals surface area contributed by atoms with Gasteiger partial charge in [0, 0.05) is 32.6 Å². The normalized spacial score (nSPS) is 17.9. The molecule has 1 rings (SSSR count). The number of nitrogens with zero attached hydrogens (tertiary/aromatic N) is 2. The summed E-state index contributed by atoms with van der Waals surface area (Å²) in [7, 11) is 0. The molecule has 0 saturated carbocycles. The predicted molar refractivity (Wildman–Crippen MR) is 74.0 cm³/mol. The molecule has 4 nitrogen and oxygen atoms in total. The van der Waals surface area contributed by atoms with Crippen LogP contribution in [0.5, 0.6) is 0 Å². The van der Waals surface area contributed by atoms with Gasteiger partial charge >= 0.3 is 12.1 Å². The molecule has 0 radical (unpaired) electrons. The third kappa shape index (κ3) is 8.93. The fourth-order valence-corrected chi connectivity index (χ4v) is 2.44. The van der Waals surface area contributed by atoms with Crippen molar-refractivity contribution >= 4 is 5.97 Å². The third-order valence-electron chi connectivity index (χ3n) is 3.53. The number of ether oxygens (including phenoxy) is 1. The Balaban J connectivity index is 2.02. The minimum Gasteiger partial charge on any atom is -0.466 e. The Morgan fingerprint density at radius 2 is 1.67 bits per heavy atom. The molecule has 1 fully saturated rings. The van der Waals surface area contributed by atoms with Gasteiger partial charge in [0.1, 0.15) is 0 Å². The van der Waals surface area contributed by atoms with Gasteiger partial charge in [-0.15, -0.1) is 0 Å². The maximum atomic E-state index is 12.3. The van der Waals surface area contributed by atoms with E-state index in [9.17, 15) is 18.0 Å². The standard InChI is InChI=1S/C14H25F3N2O2/c1-2-21-13(20)6-4-3-5-7-18-8-10-19(11-9-18)12-14(15,16)17/h2-12H2,1H3. The monoisotopic (exact) mass is 310 g/mol. The van der Waals surface area contributed by atoms with E-state index in [2.05, 4.69) is 4.90 Å². The molecule has 0 N–H and O–H groups in total. The molecule has 1 aliphatic heterocycles. The predicted octanol–water partition coefficient (Wildman–Crippen LogP) is 2.29. The van der Waals surface area contributed by atoms with Crippen LogP contribution in [0.2, 0.25) is 0 Å². The maximum absolute atomic E-state index is 12.3. The summed E-state index contributed by atoms with van der Waals surface area (Å²) in [6.07, 6.45) is -0.921. The molecule has 0 aromatic rings. The lowest BCUT2D eigenvalue weighted by atomic mass is 10.2. The average molecular weight is 310 g/mol. The molecule has 1 aliphatic rings. The van der Waals surface area contributed by atoms with E-state index in [1.807, 2.05) is 0 Å². The van der Waals surface area contributed by atoms with Gasteiger partial charge in [-0.2, -0.15) is 13.2 Å². The van der Waals surface area contributed by atoms with Crippen molar-refractivity contribution in [1.82, 2.24) is 9.80 Å². The number of esters is 1. The third-order valence-corrected chi connectivity index (χ3v) is 3.53. The summed E-state index contributed by atoms with van der Waals surface area (Å²) < 4.78 is 41.6. The van der Waals surface area contributed by atoms with Gasteiger partial charge in [0.05, 0.1) is 13.2 Å². The fourth-order valence-electron chi connectivity index (χ4n) is 2.44. The molecule has 0 aromatic heterocycles. The van der Waals surface area contributed by atoms with Crippen molar-refractivity contribution in [2.45, 2.75) is 38.8 Å². The van der Waals surface area contributed by atoms with Crippen LogP contribution in [0.1, 0.15) is 32.6 Å². The molecule has 1 heterocycles. The van der Waals surface area contributed by atoms with Crippen LogP contribution in [0.4, 0.5) is 13.2 Å². The summed E-state index contributed by atoms with van der Waals surface area (Å²) in [5, 5.41) is 0. The topological polar surface area (TPSA) is 32.8 Å². The lowest BCUT2D eigenvalue weighted by molar-refractivity contribution is -0.149. The number of carbonyl (C=O) groups excluding carboxylic acids is 1. The van der Waals surface area contributed by atoms with Crippen molar-refractivity contribution in [3.63, 3.8) is 0 Å². The average Bonchev–Trinajstić information content (AvgIpc) is 2.39. The second-order valence-electron chi connectivity index (χ2n) is 5.35. The van der Waals surface area contributed by atoms with E-state index in [4.69, 9.17) is 4.74 Å². The lowest BCUT2D eigenvalue weighted by Crippen LogP contribution is -2.49. The van der Waals surface area contributed by atoms with Gasteiger partial charge in [0.15, 0.2) is 0 Å².